The van der Waals surface area contributed by atoms with Crippen molar-refractivity contribution in [2.75, 3.05) is 6.54 Å². The first-order valence-corrected chi connectivity index (χ1v) is 8.80. The Morgan fingerprint density at radius 1 is 1.04 bits per heavy atom. The molecule has 1 saturated heterocycles. The van der Waals surface area contributed by atoms with Gasteiger partial charge in [-0.15, -0.1) is 0 Å². The molecule has 1 saturated carbocycles. The Hall–Kier alpha value is -1.59. The highest BCUT2D eigenvalue weighted by atomic mass is 16.2. The van der Waals surface area contributed by atoms with Gasteiger partial charge in [0, 0.05) is 18.5 Å². The molecule has 3 amide bonds. The van der Waals surface area contributed by atoms with Crippen molar-refractivity contribution in [3.05, 3.63) is 0 Å². The molecule has 3 N–H and O–H groups in total. The maximum Gasteiger partial charge on any atom is 0.245 e. The topological polar surface area (TPSA) is 92.5 Å². The van der Waals surface area contributed by atoms with Crippen LogP contribution in [0.2, 0.25) is 0 Å². The average Bonchev–Trinajstić information content (AvgIpc) is 2.55. The van der Waals surface area contributed by atoms with Crippen LogP contribution in [0.1, 0.15) is 58.8 Å². The van der Waals surface area contributed by atoms with E-state index in [9.17, 15) is 14.4 Å². The third kappa shape index (κ3) is 4.45. The standard InChI is InChI=1S/C17H29N3O3/c1-11-8-9-14(15(18)21)10-20(11)17(23)12(2)19-16(22)13-6-4-3-5-7-13/h11-14H,3-10H2,1-2H3,(H2,18,21)(H,19,22). The largest absolute Gasteiger partial charge is 0.369 e. The summed E-state index contributed by atoms with van der Waals surface area (Å²) in [5, 5.41) is 2.86. The van der Waals surface area contributed by atoms with E-state index in [-0.39, 0.29) is 35.6 Å². The van der Waals surface area contributed by atoms with Gasteiger partial charge in [0.1, 0.15) is 6.04 Å². The van der Waals surface area contributed by atoms with Crippen molar-refractivity contribution in [3.63, 3.8) is 0 Å². The fourth-order valence-corrected chi connectivity index (χ4v) is 3.65. The van der Waals surface area contributed by atoms with Crippen molar-refractivity contribution in [1.82, 2.24) is 10.2 Å². The smallest absolute Gasteiger partial charge is 0.245 e. The molecule has 3 atom stereocenters. The highest BCUT2D eigenvalue weighted by Gasteiger charge is 2.34. The zero-order valence-corrected chi connectivity index (χ0v) is 14.2. The van der Waals surface area contributed by atoms with Crippen LogP contribution >= 0.6 is 0 Å². The summed E-state index contributed by atoms with van der Waals surface area (Å²) in [6, 6.07) is -0.481. The van der Waals surface area contributed by atoms with Gasteiger partial charge in [0.25, 0.3) is 0 Å². The number of nitrogens with two attached hydrogens (primary N) is 1. The molecule has 1 aliphatic heterocycles. The summed E-state index contributed by atoms with van der Waals surface area (Å²) in [4.78, 5) is 38.0. The molecule has 0 aromatic heterocycles. The van der Waals surface area contributed by atoms with Crippen LogP contribution < -0.4 is 11.1 Å². The maximum atomic E-state index is 12.7. The summed E-state index contributed by atoms with van der Waals surface area (Å²) in [7, 11) is 0. The normalized spacial score (nSPS) is 27.3. The Labute approximate surface area is 138 Å². The first-order chi connectivity index (χ1) is 10.9. The van der Waals surface area contributed by atoms with E-state index in [1.807, 2.05) is 6.92 Å². The number of piperidine rings is 1. The first kappa shape index (κ1) is 17.8. The molecule has 0 aromatic rings. The molecule has 3 unspecified atom stereocenters. The predicted molar refractivity (Wildman–Crippen MR) is 87.3 cm³/mol. The number of nitrogens with zero attached hydrogens (tertiary/aromatic N) is 1. The second-order valence-corrected chi connectivity index (χ2v) is 7.08. The lowest BCUT2D eigenvalue weighted by Crippen LogP contribution is -2.55. The highest BCUT2D eigenvalue weighted by molar-refractivity contribution is 5.89. The van der Waals surface area contributed by atoms with Crippen molar-refractivity contribution >= 4 is 17.7 Å². The van der Waals surface area contributed by atoms with E-state index in [1.54, 1.807) is 11.8 Å². The van der Waals surface area contributed by atoms with E-state index in [4.69, 9.17) is 5.73 Å². The fourth-order valence-electron chi connectivity index (χ4n) is 3.65. The molecule has 6 heteroatoms. The Morgan fingerprint density at radius 3 is 2.30 bits per heavy atom. The van der Waals surface area contributed by atoms with Crippen LogP contribution in [0.3, 0.4) is 0 Å². The number of nitrogens with one attached hydrogen (secondary N) is 1. The number of carbonyl (C=O) groups excluding carboxylic acids is 3. The van der Waals surface area contributed by atoms with Crippen LogP contribution in [0.4, 0.5) is 0 Å². The summed E-state index contributed by atoms with van der Waals surface area (Å²) in [6.45, 7) is 4.06. The second kappa shape index (κ2) is 7.79. The number of likely N-dealkylation sites (tertiary alicyclic amines) is 1. The summed E-state index contributed by atoms with van der Waals surface area (Å²) >= 11 is 0. The van der Waals surface area contributed by atoms with Crippen LogP contribution in [0.15, 0.2) is 0 Å². The number of primary amides is 1. The van der Waals surface area contributed by atoms with E-state index in [2.05, 4.69) is 5.32 Å². The molecule has 0 spiro atoms. The number of carbonyl (C=O) groups is 3. The Bertz CT molecular complexity index is 460. The Morgan fingerprint density at radius 2 is 1.70 bits per heavy atom. The van der Waals surface area contributed by atoms with Crippen molar-refractivity contribution in [2.45, 2.75) is 70.9 Å². The number of amides is 3. The average molecular weight is 323 g/mol. The molecular formula is C17H29N3O3. The van der Waals surface area contributed by atoms with Crippen LogP contribution in [0.25, 0.3) is 0 Å². The number of rotatable bonds is 4. The van der Waals surface area contributed by atoms with Crippen molar-refractivity contribution < 1.29 is 14.4 Å². The zero-order valence-electron chi connectivity index (χ0n) is 14.2. The van der Waals surface area contributed by atoms with Gasteiger partial charge in [0.05, 0.1) is 5.92 Å². The van der Waals surface area contributed by atoms with Gasteiger partial charge >= 0.3 is 0 Å². The van der Waals surface area contributed by atoms with Gasteiger partial charge in [-0.3, -0.25) is 14.4 Å². The van der Waals surface area contributed by atoms with Gasteiger partial charge in [0.2, 0.25) is 17.7 Å². The molecule has 6 nitrogen and oxygen atoms in total. The second-order valence-electron chi connectivity index (χ2n) is 7.08. The van der Waals surface area contributed by atoms with Crippen molar-refractivity contribution in [2.24, 2.45) is 17.6 Å². The minimum absolute atomic E-state index is 0.0123. The molecule has 2 fully saturated rings. The minimum atomic E-state index is -0.557. The summed E-state index contributed by atoms with van der Waals surface area (Å²) < 4.78 is 0. The van der Waals surface area contributed by atoms with Gasteiger partial charge in [-0.2, -0.15) is 0 Å². The SMILES string of the molecule is CC(NC(=O)C1CCCCC1)C(=O)N1CC(C(N)=O)CCC1C. The molecule has 130 valence electrons. The molecule has 0 radical (unpaired) electrons. The fraction of sp³-hybridized carbons (Fsp3) is 0.824. The van der Waals surface area contributed by atoms with Crippen molar-refractivity contribution in [3.8, 4) is 0 Å². The van der Waals surface area contributed by atoms with Crippen LogP contribution in [0, 0.1) is 11.8 Å². The molecule has 0 aromatic carbocycles. The van der Waals surface area contributed by atoms with E-state index in [0.29, 0.717) is 6.54 Å². The molecule has 0 bridgehead atoms. The minimum Gasteiger partial charge on any atom is -0.369 e. The lowest BCUT2D eigenvalue weighted by Gasteiger charge is -2.38. The summed E-state index contributed by atoms with van der Waals surface area (Å²) in [5.41, 5.74) is 5.38. The summed E-state index contributed by atoms with van der Waals surface area (Å²) in [5.74, 6) is -0.726. The van der Waals surface area contributed by atoms with E-state index >= 15 is 0 Å². The van der Waals surface area contributed by atoms with Gasteiger partial charge in [0.15, 0.2) is 0 Å². The molecule has 1 aliphatic carbocycles. The number of hydrogen-bond acceptors (Lipinski definition) is 3. The lowest BCUT2D eigenvalue weighted by atomic mass is 9.88. The molecular weight excluding hydrogens is 294 g/mol. The van der Waals surface area contributed by atoms with Gasteiger partial charge in [-0.25, -0.2) is 0 Å². The van der Waals surface area contributed by atoms with Crippen LogP contribution in [-0.2, 0) is 14.4 Å². The zero-order chi connectivity index (χ0) is 17.0. The van der Waals surface area contributed by atoms with E-state index in [1.165, 1.54) is 6.42 Å². The highest BCUT2D eigenvalue weighted by Crippen LogP contribution is 2.25. The molecule has 1 heterocycles. The van der Waals surface area contributed by atoms with Gasteiger partial charge < -0.3 is 16.0 Å². The molecule has 2 aliphatic rings. The van der Waals surface area contributed by atoms with Crippen LogP contribution in [-0.4, -0.2) is 41.2 Å². The van der Waals surface area contributed by atoms with Gasteiger partial charge in [-0.05, 0) is 39.5 Å². The lowest BCUT2D eigenvalue weighted by molar-refractivity contribution is -0.142. The number of hydrogen-bond donors (Lipinski definition) is 2. The predicted octanol–water partition coefficient (Wildman–Crippen LogP) is 1.18. The van der Waals surface area contributed by atoms with E-state index < -0.39 is 6.04 Å². The Balaban J connectivity index is 1.92. The Kier molecular flexibility index (Phi) is 6.02. The monoisotopic (exact) mass is 323 g/mol. The first-order valence-electron chi connectivity index (χ1n) is 8.80. The third-order valence-electron chi connectivity index (χ3n) is 5.27. The van der Waals surface area contributed by atoms with Crippen molar-refractivity contribution in [1.29, 1.82) is 0 Å². The molecule has 23 heavy (non-hydrogen) atoms. The maximum absolute atomic E-state index is 12.7. The molecule has 2 rings (SSSR count). The van der Waals surface area contributed by atoms with Crippen LogP contribution in [0.5, 0.6) is 0 Å². The van der Waals surface area contributed by atoms with Gasteiger partial charge in [-0.1, -0.05) is 19.3 Å². The quantitative estimate of drug-likeness (QED) is 0.814. The van der Waals surface area contributed by atoms with E-state index in [0.717, 1.165) is 38.5 Å². The summed E-state index contributed by atoms with van der Waals surface area (Å²) in [6.07, 6.45) is 6.69. The third-order valence-corrected chi connectivity index (χ3v) is 5.27.